The minimum absolute atomic E-state index is 0.0161. The highest BCUT2D eigenvalue weighted by Gasteiger charge is 2.33. The van der Waals surface area contributed by atoms with Crippen LogP contribution in [-0.2, 0) is 33.5 Å². The lowest BCUT2D eigenvalue weighted by Gasteiger charge is -2.24. The van der Waals surface area contributed by atoms with Gasteiger partial charge in [-0.25, -0.2) is 9.59 Å². The molecule has 0 spiro atoms. The maximum absolute atomic E-state index is 12.9. The molecule has 0 aliphatic carbocycles. The fourth-order valence-electron chi connectivity index (χ4n) is 2.78. The van der Waals surface area contributed by atoms with E-state index in [1.165, 1.54) is 12.1 Å². The summed E-state index contributed by atoms with van der Waals surface area (Å²) < 4.78 is 49.2. The van der Waals surface area contributed by atoms with Crippen molar-refractivity contribution >= 4 is 23.7 Å². The van der Waals surface area contributed by atoms with Crippen LogP contribution >= 0.6 is 11.6 Å². The van der Waals surface area contributed by atoms with Gasteiger partial charge in [-0.05, 0) is 56.9 Å². The molecule has 0 bridgehead atoms. The van der Waals surface area contributed by atoms with E-state index in [0.29, 0.717) is 5.56 Å². The molecule has 1 amide bonds. The zero-order chi connectivity index (χ0) is 23.9. The second-order valence-electron chi connectivity index (χ2n) is 8.14. The number of alkyl halides is 3. The van der Waals surface area contributed by atoms with Crippen molar-refractivity contribution in [1.82, 2.24) is 5.32 Å². The molecule has 5 nitrogen and oxygen atoms in total. The SMILES string of the molecule is CC(C)(C)OC(=O)C(CCc1ccc(C(F)(F)F)c(Cl)c1)NC(=O)OCc1ccccc1. The Bertz CT molecular complexity index is 927. The molecule has 1 unspecified atom stereocenters. The molecule has 9 heteroatoms. The van der Waals surface area contributed by atoms with E-state index < -0.39 is 40.5 Å². The van der Waals surface area contributed by atoms with Gasteiger partial charge in [0.2, 0.25) is 0 Å². The van der Waals surface area contributed by atoms with Crippen LogP contribution in [0.3, 0.4) is 0 Å². The number of alkyl carbamates (subject to hydrolysis) is 1. The predicted octanol–water partition coefficient (Wildman–Crippen LogP) is 5.93. The zero-order valence-corrected chi connectivity index (χ0v) is 18.7. The molecule has 0 aliphatic heterocycles. The van der Waals surface area contributed by atoms with Crippen LogP contribution in [-0.4, -0.2) is 23.7 Å². The molecule has 2 aromatic carbocycles. The van der Waals surface area contributed by atoms with E-state index in [2.05, 4.69) is 5.32 Å². The summed E-state index contributed by atoms with van der Waals surface area (Å²) >= 11 is 5.76. The fraction of sp³-hybridized carbons (Fsp3) is 0.391. The second-order valence-corrected chi connectivity index (χ2v) is 8.55. The van der Waals surface area contributed by atoms with E-state index in [1.807, 2.05) is 6.07 Å². The van der Waals surface area contributed by atoms with Gasteiger partial charge in [-0.2, -0.15) is 13.2 Å². The van der Waals surface area contributed by atoms with Crippen LogP contribution < -0.4 is 5.32 Å². The zero-order valence-electron chi connectivity index (χ0n) is 18.0. The third kappa shape index (κ3) is 8.42. The number of carbonyl (C=O) groups is 2. The molecule has 174 valence electrons. The molecule has 0 heterocycles. The Balaban J connectivity index is 2.05. The maximum Gasteiger partial charge on any atom is 0.417 e. The first-order chi connectivity index (χ1) is 14.8. The van der Waals surface area contributed by atoms with E-state index >= 15 is 0 Å². The summed E-state index contributed by atoms with van der Waals surface area (Å²) in [6.07, 6.45) is -5.11. The number of halogens is 4. The van der Waals surface area contributed by atoms with Crippen molar-refractivity contribution in [2.45, 2.75) is 58.0 Å². The third-order valence-corrected chi connectivity index (χ3v) is 4.57. The average Bonchev–Trinajstić information content (AvgIpc) is 2.68. The van der Waals surface area contributed by atoms with E-state index in [0.717, 1.165) is 11.6 Å². The molecule has 1 N–H and O–H groups in total. The van der Waals surface area contributed by atoms with E-state index in [9.17, 15) is 22.8 Å². The first kappa shape index (κ1) is 25.5. The Morgan fingerprint density at radius 3 is 2.25 bits per heavy atom. The third-order valence-electron chi connectivity index (χ3n) is 4.26. The van der Waals surface area contributed by atoms with E-state index in [1.54, 1.807) is 45.0 Å². The Morgan fingerprint density at radius 1 is 1.03 bits per heavy atom. The normalized spacial score (nSPS) is 12.7. The van der Waals surface area contributed by atoms with Gasteiger partial charge in [0, 0.05) is 0 Å². The van der Waals surface area contributed by atoms with E-state index in [-0.39, 0.29) is 19.4 Å². The predicted molar refractivity (Wildman–Crippen MR) is 114 cm³/mol. The van der Waals surface area contributed by atoms with Gasteiger partial charge in [0.05, 0.1) is 10.6 Å². The summed E-state index contributed by atoms with van der Waals surface area (Å²) in [4.78, 5) is 24.8. The Kier molecular flexibility index (Phi) is 8.55. The minimum atomic E-state index is -4.56. The summed E-state index contributed by atoms with van der Waals surface area (Å²) in [6, 6.07) is 11.3. The van der Waals surface area contributed by atoms with Crippen molar-refractivity contribution in [3.8, 4) is 0 Å². The number of hydrogen-bond donors (Lipinski definition) is 1. The van der Waals surface area contributed by atoms with Crippen molar-refractivity contribution in [2.75, 3.05) is 0 Å². The lowest BCUT2D eigenvalue weighted by Crippen LogP contribution is -2.44. The van der Waals surface area contributed by atoms with Gasteiger partial charge >= 0.3 is 18.2 Å². The average molecular weight is 472 g/mol. The van der Waals surface area contributed by atoms with Crippen molar-refractivity contribution in [3.63, 3.8) is 0 Å². The number of esters is 1. The molecule has 2 rings (SSSR count). The largest absolute Gasteiger partial charge is 0.458 e. The monoisotopic (exact) mass is 471 g/mol. The van der Waals surface area contributed by atoms with Gasteiger partial charge in [-0.15, -0.1) is 0 Å². The lowest BCUT2D eigenvalue weighted by molar-refractivity contribution is -0.157. The first-order valence-electron chi connectivity index (χ1n) is 9.91. The first-order valence-corrected chi connectivity index (χ1v) is 10.3. The Labute approximate surface area is 189 Å². The fourth-order valence-corrected chi connectivity index (χ4v) is 3.09. The van der Waals surface area contributed by atoms with Crippen molar-refractivity contribution in [3.05, 3.63) is 70.2 Å². The highest BCUT2D eigenvalue weighted by atomic mass is 35.5. The summed E-state index contributed by atoms with van der Waals surface area (Å²) in [6.45, 7) is 5.07. The molecule has 0 saturated carbocycles. The number of benzene rings is 2. The quantitative estimate of drug-likeness (QED) is 0.508. The Morgan fingerprint density at radius 2 is 1.69 bits per heavy atom. The topological polar surface area (TPSA) is 64.6 Å². The molecule has 0 aliphatic rings. The van der Waals surface area contributed by atoms with Crippen LogP contribution in [0.2, 0.25) is 5.02 Å². The molecule has 0 radical (unpaired) electrons. The van der Waals surface area contributed by atoms with Gasteiger partial charge in [0.15, 0.2) is 0 Å². The maximum atomic E-state index is 12.9. The number of hydrogen-bond acceptors (Lipinski definition) is 4. The van der Waals surface area contributed by atoms with Gasteiger partial charge in [0.25, 0.3) is 0 Å². The van der Waals surface area contributed by atoms with Crippen LogP contribution in [0.1, 0.15) is 43.9 Å². The number of carbonyl (C=O) groups excluding carboxylic acids is 2. The number of rotatable bonds is 7. The Hall–Kier alpha value is -2.74. The standard InChI is InChI=1S/C23H25ClF3NO4/c1-22(2,3)32-20(29)19(28-21(30)31-14-16-7-5-4-6-8-16)12-10-15-9-11-17(18(24)13-15)23(25,26)27/h4-9,11,13,19H,10,12,14H2,1-3H3,(H,28,30). The number of amides is 1. The summed E-state index contributed by atoms with van der Waals surface area (Å²) in [5.41, 5.74) is -0.469. The van der Waals surface area contributed by atoms with Gasteiger partial charge in [0.1, 0.15) is 18.2 Å². The smallest absolute Gasteiger partial charge is 0.417 e. The molecule has 32 heavy (non-hydrogen) atoms. The van der Waals surface area contributed by atoms with Crippen LogP contribution in [0.5, 0.6) is 0 Å². The molecular formula is C23H25ClF3NO4. The minimum Gasteiger partial charge on any atom is -0.458 e. The second kappa shape index (κ2) is 10.7. The van der Waals surface area contributed by atoms with Crippen LogP contribution in [0, 0.1) is 0 Å². The number of nitrogens with one attached hydrogen (secondary N) is 1. The highest BCUT2D eigenvalue weighted by Crippen LogP contribution is 2.35. The number of aryl methyl sites for hydroxylation is 1. The van der Waals surface area contributed by atoms with E-state index in [4.69, 9.17) is 21.1 Å². The molecule has 2 aromatic rings. The van der Waals surface area contributed by atoms with Crippen LogP contribution in [0.4, 0.5) is 18.0 Å². The number of ether oxygens (including phenoxy) is 2. The summed E-state index contributed by atoms with van der Waals surface area (Å²) in [5.74, 6) is -0.674. The summed E-state index contributed by atoms with van der Waals surface area (Å²) in [7, 11) is 0. The molecule has 0 aromatic heterocycles. The molecule has 1 atom stereocenters. The van der Waals surface area contributed by atoms with Gasteiger partial charge in [-0.1, -0.05) is 48.0 Å². The molecule has 0 fully saturated rings. The van der Waals surface area contributed by atoms with Crippen molar-refractivity contribution < 1.29 is 32.2 Å². The van der Waals surface area contributed by atoms with Gasteiger partial charge in [-0.3, -0.25) is 0 Å². The van der Waals surface area contributed by atoms with Crippen molar-refractivity contribution in [2.24, 2.45) is 0 Å². The van der Waals surface area contributed by atoms with Crippen LogP contribution in [0.25, 0.3) is 0 Å². The lowest BCUT2D eigenvalue weighted by atomic mass is 10.0. The van der Waals surface area contributed by atoms with Gasteiger partial charge < -0.3 is 14.8 Å². The highest BCUT2D eigenvalue weighted by molar-refractivity contribution is 6.31. The summed E-state index contributed by atoms with van der Waals surface area (Å²) in [5, 5.41) is 2.05. The molecule has 0 saturated heterocycles. The van der Waals surface area contributed by atoms with Crippen molar-refractivity contribution in [1.29, 1.82) is 0 Å². The molecular weight excluding hydrogens is 447 g/mol. The van der Waals surface area contributed by atoms with Crippen LogP contribution in [0.15, 0.2) is 48.5 Å².